The smallest absolute Gasteiger partial charge is 0.337 e. The van der Waals surface area contributed by atoms with E-state index in [-0.39, 0.29) is 11.9 Å². The number of benzene rings is 1. The molecule has 136 valence electrons. The number of ether oxygens (including phenoxy) is 2. The molecule has 3 rings (SSSR count). The number of pyridine rings is 1. The van der Waals surface area contributed by atoms with Gasteiger partial charge in [0.15, 0.2) is 5.16 Å². The number of imidazole rings is 1. The van der Waals surface area contributed by atoms with Gasteiger partial charge in [0.2, 0.25) is 0 Å². The number of fused-ring (bicyclic) bond motifs is 1. The minimum Gasteiger partial charge on any atom is -0.489 e. The van der Waals surface area contributed by atoms with E-state index >= 15 is 0 Å². The molecule has 1 N–H and O–H groups in total. The van der Waals surface area contributed by atoms with E-state index in [2.05, 4.69) is 15.0 Å². The Balaban J connectivity index is 1.85. The number of nitrogens with one attached hydrogen (secondary N) is 1. The largest absolute Gasteiger partial charge is 0.489 e. The van der Waals surface area contributed by atoms with Crippen molar-refractivity contribution < 1.29 is 18.5 Å². The van der Waals surface area contributed by atoms with Gasteiger partial charge in [-0.25, -0.2) is 9.78 Å². The van der Waals surface area contributed by atoms with Gasteiger partial charge >= 0.3 is 5.97 Å². The highest BCUT2D eigenvalue weighted by atomic mass is 32.2. The van der Waals surface area contributed by atoms with Gasteiger partial charge in [0, 0.05) is 6.20 Å². The number of H-pyrrole nitrogens is 1. The molecule has 1 atom stereocenters. The van der Waals surface area contributed by atoms with Crippen LogP contribution in [0.1, 0.15) is 29.9 Å². The van der Waals surface area contributed by atoms with Gasteiger partial charge in [-0.05, 0) is 44.2 Å². The SMILES string of the molecule is COC(=O)c1ccc2nc(S(=O)Cc3ncccc3OC(C)C)[nH]c2c1. The van der Waals surface area contributed by atoms with Crippen LogP contribution in [-0.4, -0.2) is 38.3 Å². The highest BCUT2D eigenvalue weighted by molar-refractivity contribution is 7.84. The van der Waals surface area contributed by atoms with E-state index in [0.717, 1.165) is 0 Å². The van der Waals surface area contributed by atoms with Gasteiger partial charge in [0.1, 0.15) is 5.75 Å². The summed E-state index contributed by atoms with van der Waals surface area (Å²) in [6.45, 7) is 3.85. The Labute approximate surface area is 153 Å². The number of aromatic amines is 1. The number of carbonyl (C=O) groups excluding carboxylic acids is 1. The second-order valence-electron chi connectivity index (χ2n) is 5.87. The van der Waals surface area contributed by atoms with Crippen molar-refractivity contribution in [1.82, 2.24) is 15.0 Å². The first kappa shape index (κ1) is 18.1. The predicted molar refractivity (Wildman–Crippen MR) is 97.5 cm³/mol. The van der Waals surface area contributed by atoms with Gasteiger partial charge < -0.3 is 14.5 Å². The topological polar surface area (TPSA) is 94.2 Å². The molecule has 8 heteroatoms. The van der Waals surface area contributed by atoms with E-state index in [4.69, 9.17) is 9.47 Å². The van der Waals surface area contributed by atoms with Gasteiger partial charge in [-0.2, -0.15) is 0 Å². The van der Waals surface area contributed by atoms with Gasteiger partial charge in [-0.1, -0.05) is 0 Å². The van der Waals surface area contributed by atoms with Crippen molar-refractivity contribution in [3.05, 3.63) is 47.8 Å². The van der Waals surface area contributed by atoms with Crippen LogP contribution in [0.25, 0.3) is 11.0 Å². The fraction of sp³-hybridized carbons (Fsp3) is 0.278. The van der Waals surface area contributed by atoms with Crippen LogP contribution in [0.2, 0.25) is 0 Å². The van der Waals surface area contributed by atoms with Crippen molar-refractivity contribution in [2.45, 2.75) is 30.9 Å². The maximum absolute atomic E-state index is 12.7. The van der Waals surface area contributed by atoms with Crippen molar-refractivity contribution in [1.29, 1.82) is 0 Å². The van der Waals surface area contributed by atoms with E-state index in [0.29, 0.717) is 33.2 Å². The summed E-state index contributed by atoms with van der Waals surface area (Å²) in [4.78, 5) is 23.3. The zero-order chi connectivity index (χ0) is 18.7. The quantitative estimate of drug-likeness (QED) is 0.668. The van der Waals surface area contributed by atoms with E-state index in [1.165, 1.54) is 7.11 Å². The lowest BCUT2D eigenvalue weighted by Crippen LogP contribution is -2.10. The zero-order valence-corrected chi connectivity index (χ0v) is 15.5. The maximum Gasteiger partial charge on any atom is 0.337 e. The van der Waals surface area contributed by atoms with Gasteiger partial charge in [-0.3, -0.25) is 9.19 Å². The molecule has 0 bridgehead atoms. The van der Waals surface area contributed by atoms with Crippen LogP contribution >= 0.6 is 0 Å². The van der Waals surface area contributed by atoms with Crippen molar-refractivity contribution >= 4 is 27.8 Å². The predicted octanol–water partition coefficient (Wildman–Crippen LogP) is 2.84. The van der Waals surface area contributed by atoms with Crippen LogP contribution in [-0.2, 0) is 21.3 Å². The Kier molecular flexibility index (Phi) is 5.32. The lowest BCUT2D eigenvalue weighted by molar-refractivity contribution is 0.0601. The molecule has 3 aromatic rings. The average molecular weight is 373 g/mol. The Bertz CT molecular complexity index is 968. The molecule has 0 spiro atoms. The standard InChI is InChI=1S/C18H19N3O4S/c1-11(2)25-16-5-4-8-19-15(16)10-26(23)18-20-13-7-6-12(17(22)24-3)9-14(13)21-18/h4-9,11H,10H2,1-3H3,(H,20,21). The number of rotatable bonds is 6. The van der Waals surface area contributed by atoms with E-state index in [1.807, 2.05) is 13.8 Å². The Morgan fingerprint density at radius 2 is 2.12 bits per heavy atom. The second-order valence-corrected chi connectivity index (χ2v) is 7.24. The number of methoxy groups -OCH3 is 1. The van der Waals surface area contributed by atoms with Crippen LogP contribution in [0.4, 0.5) is 0 Å². The first-order chi connectivity index (χ1) is 12.5. The molecule has 0 saturated carbocycles. The number of carbonyl (C=O) groups is 1. The summed E-state index contributed by atoms with van der Waals surface area (Å²) in [6, 6.07) is 8.52. The third-order valence-corrected chi connectivity index (χ3v) is 4.74. The van der Waals surface area contributed by atoms with E-state index < -0.39 is 16.8 Å². The summed E-state index contributed by atoms with van der Waals surface area (Å²) in [5.41, 5.74) is 2.25. The molecule has 0 saturated heterocycles. The molecule has 7 nitrogen and oxygen atoms in total. The minimum atomic E-state index is -1.44. The van der Waals surface area contributed by atoms with Crippen LogP contribution in [0, 0.1) is 0 Å². The second kappa shape index (κ2) is 7.65. The zero-order valence-electron chi connectivity index (χ0n) is 14.7. The highest BCUT2D eigenvalue weighted by Crippen LogP contribution is 2.22. The summed E-state index contributed by atoms with van der Waals surface area (Å²) < 4.78 is 23.2. The molecule has 0 aliphatic carbocycles. The van der Waals surface area contributed by atoms with Crippen molar-refractivity contribution in [2.24, 2.45) is 0 Å². The van der Waals surface area contributed by atoms with Crippen molar-refractivity contribution in [3.8, 4) is 5.75 Å². The number of hydrogen-bond donors (Lipinski definition) is 1. The van der Waals surface area contributed by atoms with E-state index in [9.17, 15) is 9.00 Å². The average Bonchev–Trinajstić information content (AvgIpc) is 3.05. The van der Waals surface area contributed by atoms with Gasteiger partial charge in [0.25, 0.3) is 0 Å². The first-order valence-corrected chi connectivity index (χ1v) is 9.37. The Morgan fingerprint density at radius 1 is 1.31 bits per heavy atom. The van der Waals surface area contributed by atoms with Gasteiger partial charge in [0.05, 0.1) is 52.1 Å². The summed E-state index contributed by atoms with van der Waals surface area (Å²) in [7, 11) is -0.114. The molecule has 2 aromatic heterocycles. The van der Waals surface area contributed by atoms with Crippen LogP contribution in [0.5, 0.6) is 5.75 Å². The summed E-state index contributed by atoms with van der Waals surface area (Å²) in [5, 5.41) is 0.322. The fourth-order valence-corrected chi connectivity index (χ4v) is 3.45. The van der Waals surface area contributed by atoms with E-state index in [1.54, 1.807) is 36.5 Å². The van der Waals surface area contributed by atoms with Crippen LogP contribution in [0.15, 0.2) is 41.7 Å². The summed E-state index contributed by atoms with van der Waals surface area (Å²) >= 11 is 0. The summed E-state index contributed by atoms with van der Waals surface area (Å²) in [6.07, 6.45) is 1.63. The molecule has 26 heavy (non-hydrogen) atoms. The monoisotopic (exact) mass is 373 g/mol. The normalized spacial score (nSPS) is 12.3. The number of hydrogen-bond acceptors (Lipinski definition) is 6. The molecule has 0 aliphatic rings. The Morgan fingerprint density at radius 3 is 2.85 bits per heavy atom. The number of esters is 1. The van der Waals surface area contributed by atoms with Crippen molar-refractivity contribution in [2.75, 3.05) is 7.11 Å². The maximum atomic E-state index is 12.7. The van der Waals surface area contributed by atoms with Crippen molar-refractivity contribution in [3.63, 3.8) is 0 Å². The molecule has 1 aromatic carbocycles. The molecule has 0 aliphatic heterocycles. The molecule has 2 heterocycles. The molecule has 1 unspecified atom stereocenters. The van der Waals surface area contributed by atoms with Crippen LogP contribution in [0.3, 0.4) is 0 Å². The van der Waals surface area contributed by atoms with Crippen LogP contribution < -0.4 is 4.74 Å². The fourth-order valence-electron chi connectivity index (χ4n) is 2.42. The molecular weight excluding hydrogens is 354 g/mol. The summed E-state index contributed by atoms with van der Waals surface area (Å²) in [5.74, 6) is 0.347. The van der Waals surface area contributed by atoms with Gasteiger partial charge in [-0.15, -0.1) is 0 Å². The third kappa shape index (κ3) is 3.91. The third-order valence-electron chi connectivity index (χ3n) is 3.58. The lowest BCUT2D eigenvalue weighted by atomic mass is 10.2. The molecule has 0 radical (unpaired) electrons. The Hall–Kier alpha value is -2.74. The number of nitrogens with zero attached hydrogens (tertiary/aromatic N) is 2. The first-order valence-electron chi connectivity index (χ1n) is 8.05. The molecular formula is C18H19N3O4S. The highest BCUT2D eigenvalue weighted by Gasteiger charge is 2.16. The minimum absolute atomic E-state index is 0.00525. The lowest BCUT2D eigenvalue weighted by Gasteiger charge is -2.12. The molecule has 0 amide bonds. The molecule has 0 fully saturated rings. The number of aromatic nitrogens is 3.